The first-order chi connectivity index (χ1) is 9.43. The average Bonchev–Trinajstić information content (AvgIpc) is 2.44. The van der Waals surface area contributed by atoms with Crippen LogP contribution < -0.4 is 0 Å². The minimum absolute atomic E-state index is 0.00783. The highest BCUT2D eigenvalue weighted by Gasteiger charge is 2.46. The highest BCUT2D eigenvalue weighted by molar-refractivity contribution is 6.03. The van der Waals surface area contributed by atoms with Crippen LogP contribution in [0.2, 0.25) is 0 Å². The SMILES string of the molecule is CC1(C)c2ccc(C(=O)O)cc2C(=O)C2CC=CCC21. The normalized spacial score (nSPS) is 26.8. The predicted octanol–water partition coefficient (Wildman–Crippen LogP) is 3.44. The van der Waals surface area contributed by atoms with Crippen molar-refractivity contribution < 1.29 is 14.7 Å². The van der Waals surface area contributed by atoms with Gasteiger partial charge in [0.25, 0.3) is 0 Å². The minimum atomic E-state index is -0.982. The largest absolute Gasteiger partial charge is 0.478 e. The molecule has 3 rings (SSSR count). The lowest BCUT2D eigenvalue weighted by molar-refractivity contribution is 0.0696. The molecule has 2 unspecified atom stereocenters. The molecule has 1 aromatic rings. The summed E-state index contributed by atoms with van der Waals surface area (Å²) in [4.78, 5) is 23.8. The number of rotatable bonds is 1. The third-order valence-corrected chi connectivity index (χ3v) is 4.92. The van der Waals surface area contributed by atoms with Crippen molar-refractivity contribution in [2.24, 2.45) is 11.8 Å². The van der Waals surface area contributed by atoms with E-state index in [0.29, 0.717) is 11.5 Å². The molecule has 0 spiro atoms. The number of aromatic carboxylic acids is 1. The zero-order chi connectivity index (χ0) is 14.5. The van der Waals surface area contributed by atoms with E-state index in [1.54, 1.807) is 12.1 Å². The molecule has 2 aliphatic carbocycles. The Kier molecular flexibility index (Phi) is 2.82. The Morgan fingerprint density at radius 2 is 1.95 bits per heavy atom. The van der Waals surface area contributed by atoms with E-state index in [1.165, 1.54) is 0 Å². The minimum Gasteiger partial charge on any atom is -0.478 e. The maximum atomic E-state index is 12.7. The molecule has 0 aromatic heterocycles. The summed E-state index contributed by atoms with van der Waals surface area (Å²) < 4.78 is 0. The average molecular weight is 270 g/mol. The van der Waals surface area contributed by atoms with Gasteiger partial charge in [-0.05, 0) is 41.9 Å². The monoisotopic (exact) mass is 270 g/mol. The molecule has 0 heterocycles. The van der Waals surface area contributed by atoms with Gasteiger partial charge in [-0.3, -0.25) is 4.79 Å². The number of carboxylic acid groups (broad SMARTS) is 1. The topological polar surface area (TPSA) is 54.4 Å². The number of allylic oxidation sites excluding steroid dienone is 2. The number of hydrogen-bond donors (Lipinski definition) is 1. The molecule has 20 heavy (non-hydrogen) atoms. The Balaban J connectivity index is 2.18. The van der Waals surface area contributed by atoms with Crippen LogP contribution in [0.5, 0.6) is 0 Å². The number of carbonyl (C=O) groups excluding carboxylic acids is 1. The first-order valence-corrected chi connectivity index (χ1v) is 7.00. The van der Waals surface area contributed by atoms with Gasteiger partial charge in [0, 0.05) is 11.5 Å². The number of ketones is 1. The summed E-state index contributed by atoms with van der Waals surface area (Å²) in [7, 11) is 0. The first kappa shape index (κ1) is 13.1. The Labute approximate surface area is 118 Å². The molecule has 0 aliphatic heterocycles. The lowest BCUT2D eigenvalue weighted by atomic mass is 9.57. The summed E-state index contributed by atoms with van der Waals surface area (Å²) >= 11 is 0. The molecular formula is C17H18O3. The van der Waals surface area contributed by atoms with Crippen molar-refractivity contribution in [2.45, 2.75) is 32.1 Å². The number of carbonyl (C=O) groups is 2. The van der Waals surface area contributed by atoms with Crippen LogP contribution in [0.1, 0.15) is 53.0 Å². The molecule has 0 bridgehead atoms. The van der Waals surface area contributed by atoms with Gasteiger partial charge in [0.15, 0.2) is 5.78 Å². The van der Waals surface area contributed by atoms with E-state index in [9.17, 15) is 9.59 Å². The highest BCUT2D eigenvalue weighted by Crippen LogP contribution is 2.48. The second kappa shape index (κ2) is 4.30. The van der Waals surface area contributed by atoms with Gasteiger partial charge < -0.3 is 5.11 Å². The molecule has 0 fully saturated rings. The van der Waals surface area contributed by atoms with Gasteiger partial charge in [-0.2, -0.15) is 0 Å². The van der Waals surface area contributed by atoms with Crippen molar-refractivity contribution in [1.29, 1.82) is 0 Å². The first-order valence-electron chi connectivity index (χ1n) is 7.00. The van der Waals surface area contributed by atoms with Gasteiger partial charge in [-0.25, -0.2) is 4.79 Å². The molecule has 2 aliphatic rings. The second-order valence-corrected chi connectivity index (χ2v) is 6.31. The lowest BCUT2D eigenvalue weighted by Crippen LogP contribution is -2.44. The molecule has 0 saturated carbocycles. The Morgan fingerprint density at radius 1 is 1.25 bits per heavy atom. The van der Waals surface area contributed by atoms with E-state index in [1.807, 2.05) is 6.07 Å². The summed E-state index contributed by atoms with van der Waals surface area (Å²) in [5, 5.41) is 9.11. The van der Waals surface area contributed by atoms with Crippen molar-refractivity contribution in [3.8, 4) is 0 Å². The smallest absolute Gasteiger partial charge is 0.335 e. The number of carboxylic acids is 1. The summed E-state index contributed by atoms with van der Waals surface area (Å²) in [6, 6.07) is 4.98. The molecule has 3 nitrogen and oxygen atoms in total. The lowest BCUT2D eigenvalue weighted by Gasteiger charge is -2.45. The summed E-state index contributed by atoms with van der Waals surface area (Å²) in [5.41, 5.74) is 1.68. The molecule has 0 saturated heterocycles. The van der Waals surface area contributed by atoms with Crippen LogP contribution in [0.3, 0.4) is 0 Å². The third kappa shape index (κ3) is 1.73. The Hall–Kier alpha value is -1.90. The number of benzene rings is 1. The van der Waals surface area contributed by atoms with Crippen LogP contribution in [0.4, 0.5) is 0 Å². The van der Waals surface area contributed by atoms with E-state index >= 15 is 0 Å². The van der Waals surface area contributed by atoms with Gasteiger partial charge in [-0.15, -0.1) is 0 Å². The fourth-order valence-corrected chi connectivity index (χ4v) is 3.74. The number of Topliss-reactive ketones (excluding diaryl/α,β-unsaturated/α-hetero) is 1. The van der Waals surface area contributed by atoms with E-state index in [4.69, 9.17) is 5.11 Å². The molecule has 104 valence electrons. The molecule has 2 atom stereocenters. The van der Waals surface area contributed by atoms with Gasteiger partial charge in [0.05, 0.1) is 5.56 Å². The summed E-state index contributed by atoms with van der Waals surface area (Å²) in [5.74, 6) is -0.574. The van der Waals surface area contributed by atoms with Crippen LogP contribution >= 0.6 is 0 Å². The Bertz CT molecular complexity index is 625. The van der Waals surface area contributed by atoms with E-state index in [0.717, 1.165) is 18.4 Å². The Morgan fingerprint density at radius 3 is 2.65 bits per heavy atom. The van der Waals surface area contributed by atoms with Crippen molar-refractivity contribution in [3.63, 3.8) is 0 Å². The van der Waals surface area contributed by atoms with E-state index in [2.05, 4.69) is 26.0 Å². The molecule has 1 aromatic carbocycles. The standard InChI is InChI=1S/C17H18O3/c1-17(2)13-6-4-3-5-11(13)15(18)12-9-10(16(19)20)7-8-14(12)17/h3-4,7-9,11,13H,5-6H2,1-2H3,(H,19,20). The molecule has 3 heteroatoms. The van der Waals surface area contributed by atoms with Gasteiger partial charge in [-0.1, -0.05) is 32.1 Å². The molecule has 0 radical (unpaired) electrons. The fraction of sp³-hybridized carbons (Fsp3) is 0.412. The quantitative estimate of drug-likeness (QED) is 0.795. The highest BCUT2D eigenvalue weighted by atomic mass is 16.4. The second-order valence-electron chi connectivity index (χ2n) is 6.31. The van der Waals surface area contributed by atoms with Gasteiger partial charge in [0.1, 0.15) is 0 Å². The fourth-order valence-electron chi connectivity index (χ4n) is 3.74. The zero-order valence-corrected chi connectivity index (χ0v) is 11.7. The molecular weight excluding hydrogens is 252 g/mol. The van der Waals surface area contributed by atoms with Crippen molar-refractivity contribution in [1.82, 2.24) is 0 Å². The van der Waals surface area contributed by atoms with Crippen LogP contribution in [-0.2, 0) is 5.41 Å². The predicted molar refractivity (Wildman–Crippen MR) is 76.1 cm³/mol. The summed E-state index contributed by atoms with van der Waals surface area (Å²) in [6.07, 6.45) is 5.92. The van der Waals surface area contributed by atoms with E-state index in [-0.39, 0.29) is 22.7 Å². The van der Waals surface area contributed by atoms with Crippen molar-refractivity contribution in [3.05, 3.63) is 47.0 Å². The van der Waals surface area contributed by atoms with E-state index < -0.39 is 5.97 Å². The van der Waals surface area contributed by atoms with Crippen LogP contribution in [0.25, 0.3) is 0 Å². The number of fused-ring (bicyclic) bond motifs is 2. The van der Waals surface area contributed by atoms with Crippen LogP contribution in [0, 0.1) is 11.8 Å². The van der Waals surface area contributed by atoms with Crippen molar-refractivity contribution >= 4 is 11.8 Å². The maximum absolute atomic E-state index is 12.7. The maximum Gasteiger partial charge on any atom is 0.335 e. The number of hydrogen-bond acceptors (Lipinski definition) is 2. The van der Waals surface area contributed by atoms with Crippen LogP contribution in [-0.4, -0.2) is 16.9 Å². The van der Waals surface area contributed by atoms with Crippen LogP contribution in [0.15, 0.2) is 30.4 Å². The third-order valence-electron chi connectivity index (χ3n) is 4.92. The van der Waals surface area contributed by atoms with Gasteiger partial charge in [0.2, 0.25) is 0 Å². The van der Waals surface area contributed by atoms with Gasteiger partial charge >= 0.3 is 5.97 Å². The molecule has 1 N–H and O–H groups in total. The summed E-state index contributed by atoms with van der Waals surface area (Å²) in [6.45, 7) is 4.32. The van der Waals surface area contributed by atoms with Crippen molar-refractivity contribution in [2.75, 3.05) is 0 Å². The zero-order valence-electron chi connectivity index (χ0n) is 11.7. The molecule has 0 amide bonds.